The lowest BCUT2D eigenvalue weighted by molar-refractivity contribution is 0.361. The fourth-order valence-corrected chi connectivity index (χ4v) is 1.64. The predicted octanol–water partition coefficient (Wildman–Crippen LogP) is 3.71. The highest BCUT2D eigenvalue weighted by atomic mass is 16.5. The summed E-state index contributed by atoms with van der Waals surface area (Å²) in [6, 6.07) is 12.5. The Morgan fingerprint density at radius 1 is 1.20 bits per heavy atom. The Hall–Kier alpha value is -1.76. The summed E-state index contributed by atoms with van der Waals surface area (Å²) in [4.78, 5) is 0. The molecule has 0 saturated carbocycles. The van der Waals surface area contributed by atoms with Gasteiger partial charge in [-0.25, -0.2) is 0 Å². The van der Waals surface area contributed by atoms with E-state index in [0.717, 1.165) is 11.3 Å². The zero-order valence-electron chi connectivity index (χ0n) is 8.86. The summed E-state index contributed by atoms with van der Waals surface area (Å²) in [5.74, 6) is 0.939. The minimum atomic E-state index is 0.555. The van der Waals surface area contributed by atoms with Gasteiger partial charge in [0, 0.05) is 0 Å². The second kappa shape index (κ2) is 4.18. The lowest BCUT2D eigenvalue weighted by Crippen LogP contribution is -1.94. The molecule has 0 spiro atoms. The second-order valence-corrected chi connectivity index (χ2v) is 3.56. The molecule has 0 radical (unpaired) electrons. The van der Waals surface area contributed by atoms with Crippen LogP contribution in [0.4, 0.5) is 0 Å². The van der Waals surface area contributed by atoms with E-state index in [1.165, 1.54) is 10.8 Å². The molecule has 0 bridgehead atoms. The summed E-state index contributed by atoms with van der Waals surface area (Å²) in [5, 5.41) is 2.46. The first-order valence-corrected chi connectivity index (χ1v) is 5.04. The van der Waals surface area contributed by atoms with E-state index in [0.29, 0.717) is 6.61 Å². The highest BCUT2D eigenvalue weighted by molar-refractivity contribution is 5.84. The van der Waals surface area contributed by atoms with Crippen molar-refractivity contribution in [3.8, 4) is 5.75 Å². The van der Waals surface area contributed by atoms with Crippen LogP contribution < -0.4 is 4.74 Å². The monoisotopic (exact) mass is 198 g/mol. The van der Waals surface area contributed by atoms with Gasteiger partial charge in [-0.3, -0.25) is 0 Å². The van der Waals surface area contributed by atoms with E-state index >= 15 is 0 Å². The van der Waals surface area contributed by atoms with Gasteiger partial charge in [-0.1, -0.05) is 36.9 Å². The number of aryl methyl sites for hydroxylation is 1. The summed E-state index contributed by atoms with van der Waals surface area (Å²) in [6.45, 7) is 6.26. The molecule has 2 aromatic rings. The van der Waals surface area contributed by atoms with Crippen LogP contribution in [0.2, 0.25) is 0 Å². The first kappa shape index (κ1) is 9.78. The van der Waals surface area contributed by atoms with E-state index in [2.05, 4.69) is 37.8 Å². The Kier molecular flexibility index (Phi) is 2.72. The number of benzene rings is 2. The van der Waals surface area contributed by atoms with Crippen molar-refractivity contribution < 1.29 is 4.74 Å². The molecule has 15 heavy (non-hydrogen) atoms. The van der Waals surface area contributed by atoms with Crippen LogP contribution in [0.25, 0.3) is 10.8 Å². The van der Waals surface area contributed by atoms with Gasteiger partial charge in [-0.15, -0.1) is 0 Å². The van der Waals surface area contributed by atoms with Crippen molar-refractivity contribution in [3.05, 3.63) is 54.6 Å². The topological polar surface area (TPSA) is 9.23 Å². The molecule has 1 heteroatoms. The van der Waals surface area contributed by atoms with E-state index in [4.69, 9.17) is 4.74 Å². The molecule has 2 aromatic carbocycles. The molecule has 0 amide bonds. The summed E-state index contributed by atoms with van der Waals surface area (Å²) in [5.41, 5.74) is 1.16. The highest BCUT2D eigenvalue weighted by Gasteiger charge is 2.01. The van der Waals surface area contributed by atoms with Crippen molar-refractivity contribution in [2.75, 3.05) is 6.61 Å². The fourth-order valence-electron chi connectivity index (χ4n) is 1.64. The number of ether oxygens (including phenoxy) is 1. The van der Waals surface area contributed by atoms with E-state index in [-0.39, 0.29) is 0 Å². The van der Waals surface area contributed by atoms with Crippen LogP contribution >= 0.6 is 0 Å². The lowest BCUT2D eigenvalue weighted by Gasteiger charge is -2.08. The molecule has 2 rings (SSSR count). The smallest absolute Gasteiger partial charge is 0.123 e. The molecule has 0 aromatic heterocycles. The molecule has 1 nitrogen and oxygen atoms in total. The molecule has 0 aliphatic carbocycles. The van der Waals surface area contributed by atoms with Crippen LogP contribution in [-0.4, -0.2) is 6.61 Å². The van der Waals surface area contributed by atoms with Crippen molar-refractivity contribution in [3.63, 3.8) is 0 Å². The predicted molar refractivity (Wildman–Crippen MR) is 64.4 cm³/mol. The van der Waals surface area contributed by atoms with Crippen LogP contribution in [0.5, 0.6) is 5.75 Å². The van der Waals surface area contributed by atoms with Crippen molar-refractivity contribution in [2.24, 2.45) is 0 Å². The Bertz CT molecular complexity index is 486. The van der Waals surface area contributed by atoms with Gasteiger partial charge in [0.1, 0.15) is 12.4 Å². The van der Waals surface area contributed by atoms with Gasteiger partial charge in [0.05, 0.1) is 0 Å². The van der Waals surface area contributed by atoms with E-state index < -0.39 is 0 Å². The summed E-state index contributed by atoms with van der Waals surface area (Å²) in [6.07, 6.45) is 1.76. The fraction of sp³-hybridized carbons (Fsp3) is 0.143. The zero-order valence-corrected chi connectivity index (χ0v) is 8.86. The number of fused-ring (bicyclic) bond motifs is 1. The molecular formula is C14H14O. The molecule has 0 aliphatic rings. The summed E-state index contributed by atoms with van der Waals surface area (Å²) >= 11 is 0. The maximum atomic E-state index is 5.58. The molecule has 0 aliphatic heterocycles. The molecule has 0 atom stereocenters. The van der Waals surface area contributed by atoms with Gasteiger partial charge in [0.15, 0.2) is 0 Å². The van der Waals surface area contributed by atoms with Gasteiger partial charge >= 0.3 is 0 Å². The minimum absolute atomic E-state index is 0.555. The quantitative estimate of drug-likeness (QED) is 0.683. The average Bonchev–Trinajstić information content (AvgIpc) is 2.26. The molecule has 0 N–H and O–H groups in total. The Balaban J connectivity index is 2.47. The highest BCUT2D eigenvalue weighted by Crippen LogP contribution is 2.25. The average molecular weight is 198 g/mol. The van der Waals surface area contributed by atoms with Gasteiger partial charge in [0.2, 0.25) is 0 Å². The van der Waals surface area contributed by atoms with Gasteiger partial charge in [-0.2, -0.15) is 0 Å². The molecule has 0 heterocycles. The van der Waals surface area contributed by atoms with E-state index in [1.807, 2.05) is 12.1 Å². The van der Waals surface area contributed by atoms with Gasteiger partial charge in [0.25, 0.3) is 0 Å². The Morgan fingerprint density at radius 2 is 1.87 bits per heavy atom. The summed E-state index contributed by atoms with van der Waals surface area (Å²) < 4.78 is 5.58. The molecular weight excluding hydrogens is 184 g/mol. The van der Waals surface area contributed by atoms with Crippen molar-refractivity contribution in [1.29, 1.82) is 0 Å². The van der Waals surface area contributed by atoms with Crippen molar-refractivity contribution >= 4 is 10.8 Å². The molecule has 0 fully saturated rings. The minimum Gasteiger partial charge on any atom is -0.489 e. The normalized spacial score (nSPS) is 10.2. The third-order valence-electron chi connectivity index (χ3n) is 2.40. The molecule has 0 unspecified atom stereocenters. The van der Waals surface area contributed by atoms with Crippen LogP contribution in [0, 0.1) is 6.92 Å². The molecule has 0 saturated heterocycles. The Morgan fingerprint density at radius 3 is 2.53 bits per heavy atom. The number of rotatable bonds is 3. The van der Waals surface area contributed by atoms with Crippen LogP contribution in [0.1, 0.15) is 5.56 Å². The third-order valence-corrected chi connectivity index (χ3v) is 2.40. The van der Waals surface area contributed by atoms with Crippen molar-refractivity contribution in [2.45, 2.75) is 6.92 Å². The largest absolute Gasteiger partial charge is 0.489 e. The first-order valence-electron chi connectivity index (χ1n) is 5.04. The van der Waals surface area contributed by atoms with Gasteiger partial charge in [-0.05, 0) is 35.4 Å². The first-order chi connectivity index (χ1) is 7.31. The lowest BCUT2D eigenvalue weighted by atomic mass is 10.1. The van der Waals surface area contributed by atoms with E-state index in [9.17, 15) is 0 Å². The SMILES string of the molecule is C=CCOc1cc2ccccc2cc1C. The summed E-state index contributed by atoms with van der Waals surface area (Å²) in [7, 11) is 0. The number of hydrogen-bond acceptors (Lipinski definition) is 1. The Labute approximate surface area is 90.0 Å². The maximum absolute atomic E-state index is 5.58. The number of hydrogen-bond donors (Lipinski definition) is 0. The second-order valence-electron chi connectivity index (χ2n) is 3.56. The van der Waals surface area contributed by atoms with Crippen LogP contribution in [0.15, 0.2) is 49.1 Å². The van der Waals surface area contributed by atoms with Gasteiger partial charge < -0.3 is 4.74 Å². The maximum Gasteiger partial charge on any atom is 0.123 e. The van der Waals surface area contributed by atoms with Crippen molar-refractivity contribution in [1.82, 2.24) is 0 Å². The van der Waals surface area contributed by atoms with E-state index in [1.54, 1.807) is 6.08 Å². The van der Waals surface area contributed by atoms with Crippen LogP contribution in [-0.2, 0) is 0 Å². The third kappa shape index (κ3) is 2.01. The zero-order chi connectivity index (χ0) is 10.7. The van der Waals surface area contributed by atoms with Crippen LogP contribution in [0.3, 0.4) is 0 Å². The standard InChI is InChI=1S/C14H14O/c1-3-8-15-14-10-13-7-5-4-6-12(13)9-11(14)2/h3-7,9-10H,1,8H2,2H3. The molecule has 76 valence electrons.